The van der Waals surface area contributed by atoms with Gasteiger partial charge in [0.15, 0.2) is 9.84 Å². The predicted molar refractivity (Wildman–Crippen MR) is 107 cm³/mol. The van der Waals surface area contributed by atoms with Crippen molar-refractivity contribution in [2.45, 2.75) is 15.9 Å². The molecule has 3 rings (SSSR count). The minimum absolute atomic E-state index is 0.139. The van der Waals surface area contributed by atoms with Gasteiger partial charge < -0.3 is 5.11 Å². The molecule has 1 N–H and O–H groups in total. The van der Waals surface area contributed by atoms with Crippen LogP contribution in [0.15, 0.2) is 64.5 Å². The molecule has 1 aliphatic rings. The quantitative estimate of drug-likeness (QED) is 0.611. The van der Waals surface area contributed by atoms with E-state index in [9.17, 15) is 39.9 Å². The maximum absolute atomic E-state index is 14.2. The molecule has 0 aliphatic carbocycles. The molecule has 0 radical (unpaired) electrons. The molecule has 1 aliphatic heterocycles. The molecular formula is C19H15F6NO3S2. The fourth-order valence-corrected chi connectivity index (χ4v) is 6.72. The smallest absolute Gasteiger partial charge is 0.390 e. The average molecular weight is 483 g/mol. The minimum Gasteiger partial charge on any atom is -0.390 e. The Balaban J connectivity index is 2.43. The van der Waals surface area contributed by atoms with E-state index < -0.39 is 53.1 Å². The second kappa shape index (κ2) is 7.68. The van der Waals surface area contributed by atoms with Crippen molar-refractivity contribution in [1.29, 1.82) is 0 Å². The number of sulfone groups is 1. The van der Waals surface area contributed by atoms with Gasteiger partial charge >= 0.3 is 11.0 Å². The first-order chi connectivity index (χ1) is 14.2. The van der Waals surface area contributed by atoms with Crippen molar-refractivity contribution in [3.05, 3.63) is 65.7 Å². The first kappa shape index (κ1) is 23.4. The summed E-state index contributed by atoms with van der Waals surface area (Å²) in [6, 6.07) is 10.6. The summed E-state index contributed by atoms with van der Waals surface area (Å²) in [6.07, 6.45) is 0.913. The molecule has 0 spiro atoms. The van der Waals surface area contributed by atoms with E-state index in [0.717, 1.165) is 42.7 Å². The molecule has 0 atom stereocenters. The Kier molecular flexibility index (Phi) is 5.78. The van der Waals surface area contributed by atoms with Gasteiger partial charge in [0.1, 0.15) is 5.04 Å². The zero-order chi connectivity index (χ0) is 23.2. The highest BCUT2D eigenvalue weighted by Gasteiger charge is 2.73. The van der Waals surface area contributed by atoms with E-state index in [1.165, 1.54) is 18.2 Å². The standard InChI is InChI=1S/C19H15F6NO3S2/c1-30(28,29)14-9-7-12(8-10-14)16-17(13-5-3-2-4-6-13)31(18(20,21)22,19(23,24)25)15(11-27)26-16/h2-10,27H,11H2,1H3. The number of hydrogen-bond acceptors (Lipinski definition) is 4. The van der Waals surface area contributed by atoms with Gasteiger partial charge in [-0.25, -0.2) is 13.4 Å². The number of nitrogens with zero attached hydrogens (tertiary/aromatic N) is 1. The summed E-state index contributed by atoms with van der Waals surface area (Å²) >= 11 is 0. The zero-order valence-electron chi connectivity index (χ0n) is 15.7. The highest BCUT2D eigenvalue weighted by Crippen LogP contribution is 2.82. The molecular weight excluding hydrogens is 468 g/mol. The molecule has 0 unspecified atom stereocenters. The number of aliphatic imine (C=N–C) groups is 1. The normalized spacial score (nSPS) is 18.1. The van der Waals surface area contributed by atoms with Crippen LogP contribution in [0.2, 0.25) is 0 Å². The summed E-state index contributed by atoms with van der Waals surface area (Å²) in [5.41, 5.74) is -12.7. The van der Waals surface area contributed by atoms with E-state index >= 15 is 0 Å². The third-order valence-corrected chi connectivity index (χ3v) is 9.02. The van der Waals surface area contributed by atoms with Gasteiger partial charge in [0.05, 0.1) is 17.2 Å². The van der Waals surface area contributed by atoms with Crippen LogP contribution in [0.3, 0.4) is 0 Å². The van der Waals surface area contributed by atoms with Crippen LogP contribution in [0.25, 0.3) is 10.6 Å². The molecule has 0 saturated heterocycles. The SMILES string of the molecule is CS(=O)(=O)c1ccc(C2=C(c3ccccc3)S(C(F)(F)F)(C(F)(F)F)C(CO)=N2)cc1. The lowest BCUT2D eigenvalue weighted by atomic mass is 10.1. The van der Waals surface area contributed by atoms with Crippen LogP contribution in [0.1, 0.15) is 11.1 Å². The van der Waals surface area contributed by atoms with Crippen molar-refractivity contribution in [3.8, 4) is 0 Å². The van der Waals surface area contributed by atoms with Gasteiger partial charge in [0.25, 0.3) is 0 Å². The monoisotopic (exact) mass is 483 g/mol. The van der Waals surface area contributed by atoms with E-state index in [1.54, 1.807) is 0 Å². The summed E-state index contributed by atoms with van der Waals surface area (Å²) in [5.74, 6) is 0. The second-order valence-corrected chi connectivity index (χ2v) is 11.6. The van der Waals surface area contributed by atoms with Crippen molar-refractivity contribution < 1.29 is 39.9 Å². The number of benzene rings is 2. The Morgan fingerprint density at radius 1 is 0.871 bits per heavy atom. The maximum Gasteiger partial charge on any atom is 0.442 e. The molecule has 1 heterocycles. The largest absolute Gasteiger partial charge is 0.442 e. The zero-order valence-corrected chi connectivity index (χ0v) is 17.3. The Morgan fingerprint density at radius 3 is 1.81 bits per heavy atom. The van der Waals surface area contributed by atoms with Crippen molar-refractivity contribution in [1.82, 2.24) is 0 Å². The molecule has 0 bridgehead atoms. The fourth-order valence-electron chi connectivity index (χ4n) is 3.23. The van der Waals surface area contributed by atoms with Gasteiger partial charge in [-0.1, -0.05) is 42.5 Å². The van der Waals surface area contributed by atoms with Gasteiger partial charge in [0, 0.05) is 26.8 Å². The summed E-state index contributed by atoms with van der Waals surface area (Å²) in [5, 5.41) is 8.07. The Labute approximate surface area is 175 Å². The number of aliphatic hydroxyl groups excluding tert-OH is 1. The van der Waals surface area contributed by atoms with Crippen LogP contribution in [0.4, 0.5) is 26.3 Å². The van der Waals surface area contributed by atoms with Crippen LogP contribution in [-0.4, -0.2) is 42.4 Å². The number of hydrogen-bond donors (Lipinski definition) is 1. The van der Waals surface area contributed by atoms with E-state index in [2.05, 4.69) is 4.99 Å². The van der Waals surface area contributed by atoms with Crippen LogP contribution in [0, 0.1) is 0 Å². The molecule has 31 heavy (non-hydrogen) atoms. The van der Waals surface area contributed by atoms with Crippen LogP contribution >= 0.6 is 10.0 Å². The lowest BCUT2D eigenvalue weighted by Gasteiger charge is -2.41. The van der Waals surface area contributed by atoms with Gasteiger partial charge in [-0.15, -0.1) is 0 Å². The highest BCUT2D eigenvalue weighted by atomic mass is 32.3. The van der Waals surface area contributed by atoms with Crippen LogP contribution in [0.5, 0.6) is 0 Å². The van der Waals surface area contributed by atoms with E-state index in [4.69, 9.17) is 0 Å². The van der Waals surface area contributed by atoms with E-state index in [-0.39, 0.29) is 16.0 Å². The average Bonchev–Trinajstić information content (AvgIpc) is 3.04. The first-order valence-electron chi connectivity index (χ1n) is 8.50. The fraction of sp³-hybridized carbons (Fsp3) is 0.211. The van der Waals surface area contributed by atoms with E-state index in [1.807, 2.05) is 0 Å². The topological polar surface area (TPSA) is 66.7 Å². The molecule has 168 valence electrons. The number of alkyl halides is 6. The summed E-state index contributed by atoms with van der Waals surface area (Å²) in [7, 11) is -9.39. The molecule has 4 nitrogen and oxygen atoms in total. The van der Waals surface area contributed by atoms with Gasteiger partial charge in [-0.2, -0.15) is 26.3 Å². The summed E-state index contributed by atoms with van der Waals surface area (Å²) in [6.45, 7) is -1.55. The van der Waals surface area contributed by atoms with Crippen molar-refractivity contribution in [2.24, 2.45) is 4.99 Å². The minimum atomic E-state index is -5.79. The lowest BCUT2D eigenvalue weighted by molar-refractivity contribution is -0.0752. The third-order valence-electron chi connectivity index (χ3n) is 4.53. The predicted octanol–water partition coefficient (Wildman–Crippen LogP) is 5.16. The third kappa shape index (κ3) is 3.76. The Hall–Kier alpha value is -2.31. The van der Waals surface area contributed by atoms with Crippen molar-refractivity contribution >= 4 is 35.5 Å². The highest BCUT2D eigenvalue weighted by molar-refractivity contribution is 8.53. The number of rotatable bonds is 4. The van der Waals surface area contributed by atoms with E-state index in [0.29, 0.717) is 0 Å². The molecule has 2 aromatic rings. The molecule has 0 saturated carbocycles. The van der Waals surface area contributed by atoms with Gasteiger partial charge in [-0.3, -0.25) is 0 Å². The molecule has 0 fully saturated rings. The van der Waals surface area contributed by atoms with Gasteiger partial charge in [0.2, 0.25) is 0 Å². The van der Waals surface area contributed by atoms with Gasteiger partial charge in [-0.05, 0) is 17.7 Å². The molecule has 0 aromatic heterocycles. The van der Waals surface area contributed by atoms with Crippen molar-refractivity contribution in [3.63, 3.8) is 0 Å². The van der Waals surface area contributed by atoms with Crippen LogP contribution < -0.4 is 0 Å². The lowest BCUT2D eigenvalue weighted by Crippen LogP contribution is -2.38. The summed E-state index contributed by atoms with van der Waals surface area (Å²) < 4.78 is 109. The van der Waals surface area contributed by atoms with Crippen molar-refractivity contribution in [2.75, 3.05) is 12.9 Å². The number of aliphatic hydroxyl groups is 1. The first-order valence-corrected chi connectivity index (χ1v) is 12.0. The summed E-state index contributed by atoms with van der Waals surface area (Å²) in [4.78, 5) is 2.35. The number of halogens is 6. The molecule has 0 amide bonds. The Morgan fingerprint density at radius 2 is 1.39 bits per heavy atom. The maximum atomic E-state index is 14.2. The van der Waals surface area contributed by atoms with Crippen LogP contribution in [-0.2, 0) is 9.84 Å². The molecule has 12 heteroatoms. The molecule has 2 aromatic carbocycles. The second-order valence-electron chi connectivity index (χ2n) is 6.51. The Bertz CT molecular complexity index is 1140.